The molecule has 164 valence electrons. The molecule has 0 saturated carbocycles. The van der Waals surface area contributed by atoms with Gasteiger partial charge in [-0.15, -0.1) is 5.10 Å². The molecular weight excluding hydrogens is 447 g/mol. The molecule has 1 N–H and O–H groups in total. The Kier molecular flexibility index (Phi) is 5.47. The number of carbonyl (C=O) groups is 1. The number of benzene rings is 2. The van der Waals surface area contributed by atoms with Crippen LogP contribution in [0.5, 0.6) is 0 Å². The van der Waals surface area contributed by atoms with Crippen molar-refractivity contribution in [1.82, 2.24) is 19.2 Å². The standard InChI is InChI=1S/C21H15ClF3N5O2/c1-12-10-17-28-29(11-18(31)27-16-8-6-15(22)7-9-16)20(32)30(17)19(26-12)13-2-4-14(5-3-13)21(23,24)25/h2-10H,11H2,1H3,(H,27,31). The fourth-order valence-corrected chi connectivity index (χ4v) is 3.25. The molecule has 7 nitrogen and oxygen atoms in total. The molecule has 0 aliphatic carbocycles. The van der Waals surface area contributed by atoms with Gasteiger partial charge in [0, 0.05) is 28.0 Å². The highest BCUT2D eigenvalue weighted by Crippen LogP contribution is 2.30. The lowest BCUT2D eigenvalue weighted by atomic mass is 10.1. The van der Waals surface area contributed by atoms with Crippen molar-refractivity contribution in [1.29, 1.82) is 0 Å². The number of aromatic nitrogens is 4. The van der Waals surface area contributed by atoms with Crippen LogP contribution < -0.4 is 11.0 Å². The molecule has 0 saturated heterocycles. The van der Waals surface area contributed by atoms with E-state index in [2.05, 4.69) is 15.4 Å². The predicted octanol–water partition coefficient (Wildman–Crippen LogP) is 4.18. The van der Waals surface area contributed by atoms with Gasteiger partial charge >= 0.3 is 11.9 Å². The third-order valence-electron chi connectivity index (χ3n) is 4.59. The van der Waals surface area contributed by atoms with E-state index in [1.807, 2.05) is 0 Å². The minimum absolute atomic E-state index is 0.128. The highest BCUT2D eigenvalue weighted by molar-refractivity contribution is 6.30. The van der Waals surface area contributed by atoms with Crippen LogP contribution in [0.1, 0.15) is 11.3 Å². The zero-order valence-electron chi connectivity index (χ0n) is 16.5. The second-order valence-corrected chi connectivity index (χ2v) is 7.42. The number of nitrogens with one attached hydrogen (secondary N) is 1. The van der Waals surface area contributed by atoms with Gasteiger partial charge in [-0.25, -0.2) is 18.9 Å². The van der Waals surface area contributed by atoms with Crippen LogP contribution in [-0.2, 0) is 17.5 Å². The second kappa shape index (κ2) is 8.12. The van der Waals surface area contributed by atoms with Crippen molar-refractivity contribution in [2.75, 3.05) is 5.32 Å². The van der Waals surface area contributed by atoms with Gasteiger partial charge in [-0.05, 0) is 43.3 Å². The lowest BCUT2D eigenvalue weighted by Crippen LogP contribution is -2.28. The molecule has 0 bridgehead atoms. The van der Waals surface area contributed by atoms with Crippen molar-refractivity contribution < 1.29 is 18.0 Å². The summed E-state index contributed by atoms with van der Waals surface area (Å²) in [6.45, 7) is 1.30. The van der Waals surface area contributed by atoms with E-state index >= 15 is 0 Å². The first-order chi connectivity index (χ1) is 15.1. The molecule has 0 unspecified atom stereocenters. The summed E-state index contributed by atoms with van der Waals surface area (Å²) in [5, 5.41) is 7.33. The number of halogens is 4. The molecule has 4 aromatic rings. The van der Waals surface area contributed by atoms with Gasteiger partial charge in [-0.2, -0.15) is 13.2 Å². The van der Waals surface area contributed by atoms with Gasteiger partial charge in [0.05, 0.1) is 5.56 Å². The zero-order valence-corrected chi connectivity index (χ0v) is 17.3. The van der Waals surface area contributed by atoms with Crippen molar-refractivity contribution in [3.63, 3.8) is 0 Å². The lowest BCUT2D eigenvalue weighted by Gasteiger charge is -2.08. The van der Waals surface area contributed by atoms with Crippen LogP contribution >= 0.6 is 11.6 Å². The van der Waals surface area contributed by atoms with Gasteiger partial charge in [0.2, 0.25) is 5.91 Å². The minimum Gasteiger partial charge on any atom is -0.324 e. The molecule has 0 spiro atoms. The molecule has 11 heteroatoms. The summed E-state index contributed by atoms with van der Waals surface area (Å²) in [6.07, 6.45) is -4.48. The maximum absolute atomic E-state index is 12.9. The number of anilines is 1. The summed E-state index contributed by atoms with van der Waals surface area (Å²) >= 11 is 5.82. The van der Waals surface area contributed by atoms with Crippen LogP contribution in [0.15, 0.2) is 59.4 Å². The first-order valence-corrected chi connectivity index (χ1v) is 9.70. The number of aryl methyl sites for hydroxylation is 1. The Bertz CT molecular complexity index is 1360. The van der Waals surface area contributed by atoms with E-state index in [-0.39, 0.29) is 18.0 Å². The van der Waals surface area contributed by atoms with E-state index in [1.165, 1.54) is 12.1 Å². The molecule has 2 aromatic heterocycles. The fraction of sp³-hybridized carbons (Fsp3) is 0.143. The van der Waals surface area contributed by atoms with E-state index in [1.54, 1.807) is 37.3 Å². The van der Waals surface area contributed by atoms with E-state index in [0.717, 1.165) is 21.2 Å². The zero-order chi connectivity index (χ0) is 23.0. The maximum Gasteiger partial charge on any atom is 0.416 e. The van der Waals surface area contributed by atoms with Gasteiger partial charge in [0.25, 0.3) is 0 Å². The second-order valence-electron chi connectivity index (χ2n) is 6.99. The summed E-state index contributed by atoms with van der Waals surface area (Å²) in [7, 11) is 0. The van der Waals surface area contributed by atoms with Crippen molar-refractivity contribution in [2.24, 2.45) is 0 Å². The van der Waals surface area contributed by atoms with E-state index in [9.17, 15) is 22.8 Å². The van der Waals surface area contributed by atoms with Gasteiger partial charge in [-0.3, -0.25) is 4.79 Å². The summed E-state index contributed by atoms with van der Waals surface area (Å²) in [4.78, 5) is 29.6. The summed E-state index contributed by atoms with van der Waals surface area (Å²) in [6, 6.07) is 12.3. The Morgan fingerprint density at radius 3 is 2.38 bits per heavy atom. The molecule has 0 atom stereocenters. The molecule has 2 aromatic carbocycles. The van der Waals surface area contributed by atoms with Crippen LogP contribution in [0.25, 0.3) is 17.0 Å². The molecule has 0 fully saturated rings. The fourth-order valence-electron chi connectivity index (χ4n) is 3.13. The summed E-state index contributed by atoms with van der Waals surface area (Å²) in [5.41, 5.74) is 0.0747. The Balaban J connectivity index is 1.68. The number of rotatable bonds is 4. The SMILES string of the molecule is Cc1cc2nn(CC(=O)Nc3ccc(Cl)cc3)c(=O)n2c(-c2ccc(C(F)(F)F)cc2)n1. The van der Waals surface area contributed by atoms with Crippen LogP contribution in [0.3, 0.4) is 0 Å². The smallest absolute Gasteiger partial charge is 0.324 e. The number of carbonyl (C=O) groups excluding carboxylic acids is 1. The van der Waals surface area contributed by atoms with Crippen LogP contribution in [0.2, 0.25) is 5.02 Å². The number of hydrogen-bond acceptors (Lipinski definition) is 4. The number of hydrogen-bond donors (Lipinski definition) is 1. The van der Waals surface area contributed by atoms with Gasteiger partial charge in [0.15, 0.2) is 5.65 Å². The third-order valence-corrected chi connectivity index (χ3v) is 4.84. The number of amides is 1. The maximum atomic E-state index is 12.9. The molecule has 32 heavy (non-hydrogen) atoms. The quantitative estimate of drug-likeness (QED) is 0.494. The lowest BCUT2D eigenvalue weighted by molar-refractivity contribution is -0.137. The monoisotopic (exact) mass is 461 g/mol. The molecular formula is C21H15ClF3N5O2. The number of alkyl halides is 3. The van der Waals surface area contributed by atoms with Crippen LogP contribution in [0.4, 0.5) is 18.9 Å². The van der Waals surface area contributed by atoms with Crippen molar-refractivity contribution in [2.45, 2.75) is 19.6 Å². The average molecular weight is 462 g/mol. The van der Waals surface area contributed by atoms with Crippen molar-refractivity contribution in [3.05, 3.63) is 81.4 Å². The number of fused-ring (bicyclic) bond motifs is 1. The summed E-state index contributed by atoms with van der Waals surface area (Å²) < 4.78 is 40.8. The molecule has 0 aliphatic rings. The topological polar surface area (TPSA) is 81.3 Å². The van der Waals surface area contributed by atoms with E-state index in [0.29, 0.717) is 22.0 Å². The van der Waals surface area contributed by atoms with Crippen LogP contribution in [-0.4, -0.2) is 25.1 Å². The molecule has 4 rings (SSSR count). The van der Waals surface area contributed by atoms with Crippen LogP contribution in [0, 0.1) is 6.92 Å². The molecule has 2 heterocycles. The molecule has 0 aliphatic heterocycles. The minimum atomic E-state index is -4.48. The van der Waals surface area contributed by atoms with Gasteiger partial charge in [-0.1, -0.05) is 23.7 Å². The van der Waals surface area contributed by atoms with Crippen molar-refractivity contribution in [3.8, 4) is 11.4 Å². The van der Waals surface area contributed by atoms with Gasteiger partial charge in [0.1, 0.15) is 12.4 Å². The molecule has 0 radical (unpaired) electrons. The highest BCUT2D eigenvalue weighted by atomic mass is 35.5. The largest absolute Gasteiger partial charge is 0.416 e. The Labute approximate surface area is 184 Å². The average Bonchev–Trinajstić information content (AvgIpc) is 3.03. The molecule has 1 amide bonds. The van der Waals surface area contributed by atoms with E-state index in [4.69, 9.17) is 11.6 Å². The predicted molar refractivity (Wildman–Crippen MR) is 113 cm³/mol. The first kappa shape index (κ1) is 21.6. The Morgan fingerprint density at radius 1 is 1.09 bits per heavy atom. The van der Waals surface area contributed by atoms with E-state index < -0.39 is 23.3 Å². The normalized spacial score (nSPS) is 11.7. The Morgan fingerprint density at radius 2 is 1.75 bits per heavy atom. The first-order valence-electron chi connectivity index (χ1n) is 9.32. The Hall–Kier alpha value is -3.66. The highest BCUT2D eigenvalue weighted by Gasteiger charge is 2.30. The number of nitrogens with zero attached hydrogens (tertiary/aromatic N) is 4. The third kappa shape index (κ3) is 4.35. The van der Waals surface area contributed by atoms with Gasteiger partial charge < -0.3 is 5.32 Å². The van der Waals surface area contributed by atoms with Crippen molar-refractivity contribution >= 4 is 28.8 Å². The summed E-state index contributed by atoms with van der Waals surface area (Å²) in [5.74, 6) is -0.360.